The van der Waals surface area contributed by atoms with E-state index in [1.165, 1.54) is 0 Å². The molecule has 0 heterocycles. The minimum absolute atomic E-state index is 0.563. The molecule has 0 spiro atoms. The first-order chi connectivity index (χ1) is 8.04. The quantitative estimate of drug-likeness (QED) is 0.827. The number of carboxylic acids is 1. The maximum absolute atomic E-state index is 11.1. The number of carbonyl (C=O) groups is 1. The summed E-state index contributed by atoms with van der Waals surface area (Å²) in [4.78, 5) is 11.1. The van der Waals surface area contributed by atoms with Crippen molar-refractivity contribution in [3.63, 3.8) is 0 Å². The molecule has 0 aliphatic heterocycles. The predicted octanol–water partition coefficient (Wildman–Crippen LogP) is 4.16. The summed E-state index contributed by atoms with van der Waals surface area (Å²) in [5.41, 5.74) is 0.748. The van der Waals surface area contributed by atoms with E-state index in [0.717, 1.165) is 23.0 Å². The molecular formula is C12H15BrClNO2. The number of aliphatic carboxylic acids is 1. The fourth-order valence-corrected chi connectivity index (χ4v) is 2.26. The second kappa shape index (κ2) is 6.87. The molecule has 0 aromatic heterocycles. The number of hydrogen-bond donors (Lipinski definition) is 2. The van der Waals surface area contributed by atoms with Crippen LogP contribution in [0.25, 0.3) is 0 Å². The minimum atomic E-state index is -0.833. The second-order valence-electron chi connectivity index (χ2n) is 3.80. The smallest absolute Gasteiger partial charge is 0.326 e. The van der Waals surface area contributed by atoms with Crippen LogP contribution in [0.4, 0.5) is 5.69 Å². The maximum atomic E-state index is 11.1. The van der Waals surface area contributed by atoms with E-state index in [1.54, 1.807) is 18.2 Å². The van der Waals surface area contributed by atoms with Gasteiger partial charge < -0.3 is 10.4 Å². The Labute approximate surface area is 114 Å². The molecule has 0 saturated heterocycles. The first-order valence-corrected chi connectivity index (χ1v) is 6.66. The molecule has 0 amide bonds. The van der Waals surface area contributed by atoms with Crippen LogP contribution < -0.4 is 5.32 Å². The summed E-state index contributed by atoms with van der Waals surface area (Å²) in [5, 5.41) is 12.7. The SMILES string of the molecule is CCCCC(Nc1ccc(Cl)cc1Br)C(=O)O. The molecule has 0 radical (unpaired) electrons. The first-order valence-electron chi connectivity index (χ1n) is 5.49. The van der Waals surface area contributed by atoms with Crippen LogP contribution in [0.1, 0.15) is 26.2 Å². The van der Waals surface area contributed by atoms with E-state index in [-0.39, 0.29) is 0 Å². The fourth-order valence-electron chi connectivity index (χ4n) is 1.46. The van der Waals surface area contributed by atoms with Gasteiger partial charge in [0.15, 0.2) is 0 Å². The molecule has 1 unspecified atom stereocenters. The Morgan fingerprint density at radius 3 is 2.82 bits per heavy atom. The van der Waals surface area contributed by atoms with Crippen molar-refractivity contribution in [2.24, 2.45) is 0 Å². The zero-order valence-electron chi connectivity index (χ0n) is 9.54. The molecule has 1 aromatic rings. The lowest BCUT2D eigenvalue weighted by Crippen LogP contribution is -2.29. The van der Waals surface area contributed by atoms with E-state index in [2.05, 4.69) is 21.2 Å². The highest BCUT2D eigenvalue weighted by Gasteiger charge is 2.17. The number of nitrogens with one attached hydrogen (secondary N) is 1. The van der Waals surface area contributed by atoms with E-state index in [4.69, 9.17) is 16.7 Å². The Kier molecular flexibility index (Phi) is 5.78. The molecule has 2 N–H and O–H groups in total. The molecule has 1 atom stereocenters. The number of carboxylic acid groups (broad SMARTS) is 1. The van der Waals surface area contributed by atoms with E-state index in [0.29, 0.717) is 11.4 Å². The third-order valence-corrected chi connectivity index (χ3v) is 3.30. The van der Waals surface area contributed by atoms with E-state index in [9.17, 15) is 4.79 Å². The molecule has 0 aliphatic rings. The standard InChI is InChI=1S/C12H15BrClNO2/c1-2-3-4-11(12(16)17)15-10-6-5-8(14)7-9(10)13/h5-7,11,15H,2-4H2,1H3,(H,16,17). The number of rotatable bonds is 6. The summed E-state index contributed by atoms with van der Waals surface area (Å²) in [7, 11) is 0. The molecule has 17 heavy (non-hydrogen) atoms. The van der Waals surface area contributed by atoms with Gasteiger partial charge in [-0.2, -0.15) is 0 Å². The van der Waals surface area contributed by atoms with Crippen molar-refractivity contribution in [1.82, 2.24) is 0 Å². The van der Waals surface area contributed by atoms with Gasteiger partial charge in [-0.15, -0.1) is 0 Å². The van der Waals surface area contributed by atoms with Gasteiger partial charge in [-0.1, -0.05) is 31.4 Å². The van der Waals surface area contributed by atoms with Crippen LogP contribution in [0.15, 0.2) is 22.7 Å². The van der Waals surface area contributed by atoms with E-state index < -0.39 is 12.0 Å². The van der Waals surface area contributed by atoms with Crippen LogP contribution in [0.2, 0.25) is 5.02 Å². The molecule has 0 bridgehead atoms. The monoisotopic (exact) mass is 319 g/mol. The Balaban J connectivity index is 2.75. The highest BCUT2D eigenvalue weighted by Crippen LogP contribution is 2.27. The van der Waals surface area contributed by atoms with Crippen LogP contribution in [0, 0.1) is 0 Å². The minimum Gasteiger partial charge on any atom is -0.480 e. The summed E-state index contributed by atoms with van der Waals surface area (Å²) >= 11 is 9.18. The molecule has 94 valence electrons. The average Bonchev–Trinajstić information content (AvgIpc) is 2.26. The Bertz CT molecular complexity index is 398. The van der Waals surface area contributed by atoms with E-state index >= 15 is 0 Å². The number of hydrogen-bond acceptors (Lipinski definition) is 2. The van der Waals surface area contributed by atoms with Gasteiger partial charge in [0.2, 0.25) is 0 Å². The summed E-state index contributed by atoms with van der Waals surface area (Å²) in [6.07, 6.45) is 2.48. The highest BCUT2D eigenvalue weighted by molar-refractivity contribution is 9.10. The third kappa shape index (κ3) is 4.56. The van der Waals surface area contributed by atoms with Gasteiger partial charge in [-0.25, -0.2) is 4.79 Å². The Morgan fingerprint density at radius 1 is 1.59 bits per heavy atom. The molecule has 1 aromatic carbocycles. The van der Waals surface area contributed by atoms with Crippen LogP contribution in [0.3, 0.4) is 0 Å². The largest absolute Gasteiger partial charge is 0.480 e. The molecule has 3 nitrogen and oxygen atoms in total. The lowest BCUT2D eigenvalue weighted by Gasteiger charge is -2.16. The number of halogens is 2. The van der Waals surface area contributed by atoms with Gasteiger partial charge in [0.25, 0.3) is 0 Å². The number of benzene rings is 1. The molecule has 5 heteroatoms. The van der Waals surface area contributed by atoms with Crippen molar-refractivity contribution in [3.8, 4) is 0 Å². The topological polar surface area (TPSA) is 49.3 Å². The highest BCUT2D eigenvalue weighted by atomic mass is 79.9. The second-order valence-corrected chi connectivity index (χ2v) is 5.09. The van der Waals surface area contributed by atoms with Crippen molar-refractivity contribution in [1.29, 1.82) is 0 Å². The van der Waals surface area contributed by atoms with Crippen molar-refractivity contribution in [2.75, 3.05) is 5.32 Å². The summed E-state index contributed by atoms with van der Waals surface area (Å²) < 4.78 is 0.771. The molecule has 0 saturated carbocycles. The van der Waals surface area contributed by atoms with Gasteiger partial charge in [0, 0.05) is 15.2 Å². The average molecular weight is 321 g/mol. The molecular weight excluding hydrogens is 305 g/mol. The lowest BCUT2D eigenvalue weighted by molar-refractivity contribution is -0.138. The van der Waals surface area contributed by atoms with Gasteiger partial charge >= 0.3 is 5.97 Å². The lowest BCUT2D eigenvalue weighted by atomic mass is 10.1. The first kappa shape index (κ1) is 14.3. The zero-order valence-corrected chi connectivity index (χ0v) is 11.9. The van der Waals surface area contributed by atoms with Crippen LogP contribution in [-0.2, 0) is 4.79 Å². The van der Waals surface area contributed by atoms with Crippen molar-refractivity contribution >= 4 is 39.2 Å². The molecule has 0 fully saturated rings. The van der Waals surface area contributed by atoms with E-state index in [1.807, 2.05) is 6.92 Å². The Morgan fingerprint density at radius 2 is 2.29 bits per heavy atom. The maximum Gasteiger partial charge on any atom is 0.326 e. The summed E-state index contributed by atoms with van der Waals surface area (Å²) in [6.45, 7) is 2.04. The van der Waals surface area contributed by atoms with Crippen molar-refractivity contribution in [3.05, 3.63) is 27.7 Å². The number of anilines is 1. The molecule has 0 aliphatic carbocycles. The normalized spacial score (nSPS) is 12.2. The number of unbranched alkanes of at least 4 members (excludes halogenated alkanes) is 1. The summed E-state index contributed by atoms with van der Waals surface area (Å²) in [5.74, 6) is -0.833. The van der Waals surface area contributed by atoms with Gasteiger partial charge in [-0.05, 0) is 40.5 Å². The zero-order chi connectivity index (χ0) is 12.8. The summed E-state index contributed by atoms with van der Waals surface area (Å²) in [6, 6.07) is 4.68. The van der Waals surface area contributed by atoms with Gasteiger partial charge in [0.05, 0.1) is 0 Å². The van der Waals surface area contributed by atoms with Gasteiger partial charge in [0.1, 0.15) is 6.04 Å². The third-order valence-electron chi connectivity index (χ3n) is 2.41. The van der Waals surface area contributed by atoms with Crippen LogP contribution >= 0.6 is 27.5 Å². The molecule has 1 rings (SSSR count). The fraction of sp³-hybridized carbons (Fsp3) is 0.417. The Hall–Kier alpha value is -0.740. The van der Waals surface area contributed by atoms with Crippen LogP contribution in [-0.4, -0.2) is 17.1 Å². The van der Waals surface area contributed by atoms with Crippen molar-refractivity contribution < 1.29 is 9.90 Å². The predicted molar refractivity (Wildman–Crippen MR) is 73.7 cm³/mol. The van der Waals surface area contributed by atoms with Gasteiger partial charge in [-0.3, -0.25) is 0 Å². The van der Waals surface area contributed by atoms with Crippen molar-refractivity contribution in [2.45, 2.75) is 32.2 Å². The van der Waals surface area contributed by atoms with Crippen LogP contribution in [0.5, 0.6) is 0 Å².